The van der Waals surface area contributed by atoms with Gasteiger partial charge in [-0.3, -0.25) is 9.78 Å². The van der Waals surface area contributed by atoms with Crippen LogP contribution in [0.1, 0.15) is 38.7 Å². The lowest BCUT2D eigenvalue weighted by Gasteiger charge is -2.19. The van der Waals surface area contributed by atoms with E-state index >= 15 is 0 Å². The van der Waals surface area contributed by atoms with Crippen molar-refractivity contribution >= 4 is 5.97 Å². The molecule has 1 aromatic heterocycles. The lowest BCUT2D eigenvalue weighted by molar-refractivity contribution is -0.156. The number of nitrogens with zero attached hydrogens (tertiary/aromatic N) is 1. The van der Waals surface area contributed by atoms with E-state index in [-0.39, 0.29) is 17.5 Å². The number of carbonyl (C=O) groups excluding carboxylic acids is 1. The highest BCUT2D eigenvalue weighted by Gasteiger charge is 2.46. The molecule has 2 rings (SSSR count). The van der Waals surface area contributed by atoms with Gasteiger partial charge in [-0.05, 0) is 44.7 Å². The number of hydrogen-bond acceptors (Lipinski definition) is 3. The van der Waals surface area contributed by atoms with Gasteiger partial charge in [0.05, 0.1) is 5.92 Å². The summed E-state index contributed by atoms with van der Waals surface area (Å²) in [5.74, 6) is 0.258. The fourth-order valence-electron chi connectivity index (χ4n) is 1.80. The van der Waals surface area contributed by atoms with Crippen LogP contribution in [0.3, 0.4) is 0 Å². The normalized spacial score (nSPS) is 23.9. The monoisotopic (exact) mass is 219 g/mol. The minimum atomic E-state index is -0.390. The topological polar surface area (TPSA) is 39.2 Å². The van der Waals surface area contributed by atoms with Crippen molar-refractivity contribution in [2.75, 3.05) is 0 Å². The average Bonchev–Trinajstić information content (AvgIpc) is 2.96. The van der Waals surface area contributed by atoms with E-state index in [1.807, 2.05) is 39.1 Å². The van der Waals surface area contributed by atoms with Crippen molar-refractivity contribution < 1.29 is 9.53 Å². The van der Waals surface area contributed by atoms with Crippen LogP contribution in [-0.4, -0.2) is 16.6 Å². The van der Waals surface area contributed by atoms with Crippen molar-refractivity contribution in [3.63, 3.8) is 0 Å². The summed E-state index contributed by atoms with van der Waals surface area (Å²) < 4.78 is 5.35. The number of rotatable bonds is 2. The minimum Gasteiger partial charge on any atom is -0.460 e. The summed E-state index contributed by atoms with van der Waals surface area (Å²) in [7, 11) is 0. The summed E-state index contributed by atoms with van der Waals surface area (Å²) in [5, 5.41) is 0. The van der Waals surface area contributed by atoms with Gasteiger partial charge in [-0.25, -0.2) is 0 Å². The Morgan fingerprint density at radius 3 is 2.81 bits per heavy atom. The molecule has 1 fully saturated rings. The van der Waals surface area contributed by atoms with E-state index in [1.54, 1.807) is 6.20 Å². The molecule has 0 saturated heterocycles. The molecule has 1 heterocycles. The Kier molecular flexibility index (Phi) is 2.70. The van der Waals surface area contributed by atoms with E-state index in [9.17, 15) is 4.79 Å². The molecule has 0 spiro atoms. The van der Waals surface area contributed by atoms with Crippen LogP contribution < -0.4 is 0 Å². The van der Waals surface area contributed by atoms with E-state index in [0.29, 0.717) is 5.92 Å². The molecule has 1 aromatic rings. The fraction of sp³-hybridized carbons (Fsp3) is 0.538. The zero-order valence-electron chi connectivity index (χ0n) is 9.93. The van der Waals surface area contributed by atoms with Gasteiger partial charge >= 0.3 is 5.97 Å². The van der Waals surface area contributed by atoms with E-state index in [4.69, 9.17) is 4.74 Å². The molecule has 0 amide bonds. The molecular formula is C13H17NO2. The highest BCUT2D eigenvalue weighted by Crippen LogP contribution is 2.48. The van der Waals surface area contributed by atoms with Crippen LogP contribution >= 0.6 is 0 Å². The van der Waals surface area contributed by atoms with Gasteiger partial charge in [-0.2, -0.15) is 0 Å². The highest BCUT2D eigenvalue weighted by atomic mass is 16.6. The van der Waals surface area contributed by atoms with Gasteiger partial charge < -0.3 is 4.74 Å². The van der Waals surface area contributed by atoms with Crippen LogP contribution in [0.2, 0.25) is 0 Å². The summed E-state index contributed by atoms with van der Waals surface area (Å²) >= 11 is 0. The third kappa shape index (κ3) is 2.60. The largest absolute Gasteiger partial charge is 0.460 e. The molecule has 0 bridgehead atoms. The van der Waals surface area contributed by atoms with Gasteiger partial charge in [0.25, 0.3) is 0 Å². The standard InChI is InChI=1S/C13H17NO2/c1-13(2,3)16-12(15)11-7-10(11)9-5-4-6-14-8-9/h4-6,8,10-11H,7H2,1-3H3. The molecule has 3 nitrogen and oxygen atoms in total. The predicted octanol–water partition coefficient (Wildman–Crippen LogP) is 2.53. The zero-order chi connectivity index (χ0) is 11.8. The Morgan fingerprint density at radius 2 is 2.25 bits per heavy atom. The van der Waals surface area contributed by atoms with Crippen LogP contribution in [0.15, 0.2) is 24.5 Å². The third-order valence-corrected chi connectivity index (χ3v) is 2.61. The minimum absolute atomic E-state index is 0.0309. The Morgan fingerprint density at radius 1 is 1.50 bits per heavy atom. The molecular weight excluding hydrogens is 202 g/mol. The Balaban J connectivity index is 1.95. The molecule has 0 aromatic carbocycles. The Labute approximate surface area is 95.8 Å². The van der Waals surface area contributed by atoms with E-state index in [1.165, 1.54) is 0 Å². The summed E-state index contributed by atoms with van der Waals surface area (Å²) in [6.45, 7) is 5.69. The van der Waals surface area contributed by atoms with E-state index in [0.717, 1.165) is 12.0 Å². The summed E-state index contributed by atoms with van der Waals surface area (Å²) in [4.78, 5) is 15.8. The SMILES string of the molecule is CC(C)(C)OC(=O)C1CC1c1cccnc1. The Hall–Kier alpha value is -1.38. The first-order valence-electron chi connectivity index (χ1n) is 5.60. The van der Waals surface area contributed by atoms with Crippen LogP contribution in [-0.2, 0) is 9.53 Å². The Bertz CT molecular complexity index is 381. The van der Waals surface area contributed by atoms with Crippen molar-refractivity contribution in [3.8, 4) is 0 Å². The number of pyridine rings is 1. The maximum Gasteiger partial charge on any atom is 0.310 e. The van der Waals surface area contributed by atoms with Gasteiger partial charge in [-0.15, -0.1) is 0 Å². The molecule has 3 heteroatoms. The lowest BCUT2D eigenvalue weighted by atomic mass is 10.1. The van der Waals surface area contributed by atoms with Crippen LogP contribution in [0, 0.1) is 5.92 Å². The second kappa shape index (κ2) is 3.89. The first-order chi connectivity index (χ1) is 7.47. The first-order valence-corrected chi connectivity index (χ1v) is 5.60. The summed E-state index contributed by atoms with van der Waals surface area (Å²) in [5.41, 5.74) is 0.748. The lowest BCUT2D eigenvalue weighted by Crippen LogP contribution is -2.25. The van der Waals surface area contributed by atoms with Crippen molar-refractivity contribution in [2.24, 2.45) is 5.92 Å². The molecule has 16 heavy (non-hydrogen) atoms. The molecule has 1 saturated carbocycles. The highest BCUT2D eigenvalue weighted by molar-refractivity contribution is 5.77. The van der Waals surface area contributed by atoms with Crippen LogP contribution in [0.4, 0.5) is 0 Å². The van der Waals surface area contributed by atoms with Gasteiger partial charge in [-0.1, -0.05) is 6.07 Å². The van der Waals surface area contributed by atoms with Gasteiger partial charge in [0, 0.05) is 12.4 Å². The fourth-order valence-corrected chi connectivity index (χ4v) is 1.80. The van der Waals surface area contributed by atoms with E-state index < -0.39 is 0 Å². The number of aromatic nitrogens is 1. The number of hydrogen-bond donors (Lipinski definition) is 0. The third-order valence-electron chi connectivity index (χ3n) is 2.61. The zero-order valence-corrected chi connectivity index (χ0v) is 9.93. The molecule has 0 radical (unpaired) electrons. The number of carbonyl (C=O) groups is 1. The summed E-state index contributed by atoms with van der Waals surface area (Å²) in [6, 6.07) is 3.92. The van der Waals surface area contributed by atoms with Gasteiger partial charge in [0.15, 0.2) is 0 Å². The maximum absolute atomic E-state index is 11.8. The smallest absolute Gasteiger partial charge is 0.310 e. The van der Waals surface area contributed by atoms with Crippen LogP contribution in [0.5, 0.6) is 0 Å². The van der Waals surface area contributed by atoms with Crippen LogP contribution in [0.25, 0.3) is 0 Å². The van der Waals surface area contributed by atoms with Crippen molar-refractivity contribution in [3.05, 3.63) is 30.1 Å². The average molecular weight is 219 g/mol. The molecule has 2 atom stereocenters. The summed E-state index contributed by atoms with van der Waals surface area (Å²) in [6.07, 6.45) is 4.46. The molecule has 86 valence electrons. The second-order valence-corrected chi connectivity index (χ2v) is 5.27. The quantitative estimate of drug-likeness (QED) is 0.717. The maximum atomic E-state index is 11.8. The number of ether oxygens (including phenoxy) is 1. The van der Waals surface area contributed by atoms with E-state index in [2.05, 4.69) is 4.98 Å². The second-order valence-electron chi connectivity index (χ2n) is 5.27. The molecule has 1 aliphatic carbocycles. The molecule has 1 aliphatic rings. The number of esters is 1. The van der Waals surface area contributed by atoms with Crippen molar-refractivity contribution in [1.29, 1.82) is 0 Å². The molecule has 0 N–H and O–H groups in total. The van der Waals surface area contributed by atoms with Crippen molar-refractivity contribution in [2.45, 2.75) is 38.7 Å². The predicted molar refractivity (Wildman–Crippen MR) is 60.9 cm³/mol. The molecule has 2 unspecified atom stereocenters. The van der Waals surface area contributed by atoms with Gasteiger partial charge in [0.2, 0.25) is 0 Å². The van der Waals surface area contributed by atoms with Gasteiger partial charge in [0.1, 0.15) is 5.60 Å². The van der Waals surface area contributed by atoms with Crippen molar-refractivity contribution in [1.82, 2.24) is 4.98 Å². The molecule has 0 aliphatic heterocycles. The first kappa shape index (κ1) is 11.1.